The van der Waals surface area contributed by atoms with Crippen molar-refractivity contribution in [3.63, 3.8) is 0 Å². The van der Waals surface area contributed by atoms with Crippen molar-refractivity contribution in [2.24, 2.45) is 28.6 Å². The molecule has 0 aromatic heterocycles. The molecule has 0 aromatic rings. The summed E-state index contributed by atoms with van der Waals surface area (Å²) in [5.74, 6) is -0.779. The zero-order chi connectivity index (χ0) is 26.2. The van der Waals surface area contributed by atoms with Gasteiger partial charge in [0.15, 0.2) is 12.1 Å². The molecule has 0 bridgehead atoms. The summed E-state index contributed by atoms with van der Waals surface area (Å²) >= 11 is 0. The van der Waals surface area contributed by atoms with Crippen molar-refractivity contribution in [1.29, 1.82) is 0 Å². The summed E-state index contributed by atoms with van der Waals surface area (Å²) in [5.41, 5.74) is -1.12. The maximum atomic E-state index is 13.6. The monoisotopic (exact) mass is 508 g/mol. The third-order valence-corrected chi connectivity index (χ3v) is 10.7. The van der Waals surface area contributed by atoms with Gasteiger partial charge in [-0.2, -0.15) is 0 Å². The van der Waals surface area contributed by atoms with Gasteiger partial charge in [-0.15, -0.1) is 0 Å². The van der Waals surface area contributed by atoms with E-state index in [2.05, 4.69) is 6.92 Å². The van der Waals surface area contributed by atoms with Gasteiger partial charge in [0.25, 0.3) is 0 Å². The van der Waals surface area contributed by atoms with E-state index >= 15 is 0 Å². The van der Waals surface area contributed by atoms with E-state index < -0.39 is 54.2 Å². The standard InChI is InChI=1S/C27H40O9/c1-13(29)16-6-9-27(34)20-17(5-8-26(16,27)3)25(2)7-4-15(10-14(25)11-18(20)30)35-24-23(33)22(32)21(31)19(12-28)36-24/h11,15-17,19-24,28,31-34H,4-10,12H2,1-3H3/t15-,16-,17-,19+,20-,21+,22-,23+,24+,25-,26+,27-/m0/s1. The Labute approximate surface area is 211 Å². The number of aliphatic hydroxyl groups is 5. The van der Waals surface area contributed by atoms with Gasteiger partial charge in [0, 0.05) is 11.3 Å². The zero-order valence-electron chi connectivity index (χ0n) is 21.3. The molecule has 3 saturated carbocycles. The molecule has 0 aromatic carbocycles. The minimum absolute atomic E-state index is 0.0259. The van der Waals surface area contributed by atoms with Crippen LogP contribution in [0.1, 0.15) is 65.7 Å². The highest BCUT2D eigenvalue weighted by Crippen LogP contribution is 2.67. The van der Waals surface area contributed by atoms with Crippen LogP contribution in [0.4, 0.5) is 0 Å². The Morgan fingerprint density at radius 2 is 1.81 bits per heavy atom. The first-order valence-corrected chi connectivity index (χ1v) is 13.3. The maximum Gasteiger partial charge on any atom is 0.186 e. The number of hydrogen-bond donors (Lipinski definition) is 5. The van der Waals surface area contributed by atoms with Crippen molar-refractivity contribution in [1.82, 2.24) is 0 Å². The van der Waals surface area contributed by atoms with E-state index in [1.54, 1.807) is 13.0 Å². The average Bonchev–Trinajstić information content (AvgIpc) is 3.11. The van der Waals surface area contributed by atoms with Crippen LogP contribution in [0.25, 0.3) is 0 Å². The lowest BCUT2D eigenvalue weighted by Crippen LogP contribution is -2.63. The van der Waals surface area contributed by atoms with Gasteiger partial charge >= 0.3 is 0 Å². The van der Waals surface area contributed by atoms with Crippen LogP contribution < -0.4 is 0 Å². The summed E-state index contributed by atoms with van der Waals surface area (Å²) in [7, 11) is 0. The Morgan fingerprint density at radius 1 is 1.08 bits per heavy atom. The van der Waals surface area contributed by atoms with Crippen LogP contribution in [0.3, 0.4) is 0 Å². The number of ketones is 2. The Kier molecular flexibility index (Phi) is 6.55. The summed E-state index contributed by atoms with van der Waals surface area (Å²) in [4.78, 5) is 26.0. The third kappa shape index (κ3) is 3.61. The summed E-state index contributed by atoms with van der Waals surface area (Å²) < 4.78 is 11.5. The smallest absolute Gasteiger partial charge is 0.186 e. The summed E-state index contributed by atoms with van der Waals surface area (Å²) in [6.07, 6.45) is -1.02. The topological polar surface area (TPSA) is 154 Å². The van der Waals surface area contributed by atoms with Crippen molar-refractivity contribution in [2.75, 3.05) is 6.61 Å². The first-order chi connectivity index (χ1) is 16.9. The van der Waals surface area contributed by atoms with Gasteiger partial charge in [0.1, 0.15) is 30.2 Å². The molecule has 4 aliphatic carbocycles. The largest absolute Gasteiger partial charge is 0.394 e. The fraction of sp³-hybridized carbons (Fsp3) is 0.852. The normalized spacial score (nSPS) is 52.7. The molecule has 12 atom stereocenters. The van der Waals surface area contributed by atoms with E-state index in [9.17, 15) is 35.1 Å². The second kappa shape index (κ2) is 8.93. The summed E-state index contributed by atoms with van der Waals surface area (Å²) in [6, 6.07) is 0. The molecule has 0 spiro atoms. The maximum absolute atomic E-state index is 13.6. The van der Waals surface area contributed by atoms with Crippen molar-refractivity contribution in [2.45, 2.75) is 108 Å². The quantitative estimate of drug-likeness (QED) is 0.368. The van der Waals surface area contributed by atoms with E-state index in [1.807, 2.05) is 6.92 Å². The second-order valence-electron chi connectivity index (χ2n) is 12.4. The Morgan fingerprint density at radius 3 is 2.47 bits per heavy atom. The van der Waals surface area contributed by atoms with Crippen LogP contribution in [-0.4, -0.2) is 86.1 Å². The van der Waals surface area contributed by atoms with Crippen LogP contribution in [0, 0.1) is 28.6 Å². The predicted molar refractivity (Wildman–Crippen MR) is 126 cm³/mol. The number of hydrogen-bond acceptors (Lipinski definition) is 9. The van der Waals surface area contributed by atoms with Gasteiger partial charge in [-0.3, -0.25) is 9.59 Å². The molecule has 1 saturated heterocycles. The molecule has 0 radical (unpaired) electrons. The molecule has 1 heterocycles. The van der Waals surface area contributed by atoms with Gasteiger partial charge < -0.3 is 35.0 Å². The van der Waals surface area contributed by atoms with Gasteiger partial charge in [-0.25, -0.2) is 0 Å². The molecule has 0 unspecified atom stereocenters. The molecule has 5 N–H and O–H groups in total. The molecule has 0 amide bonds. The van der Waals surface area contributed by atoms with E-state index in [-0.39, 0.29) is 34.9 Å². The molecule has 1 aliphatic heterocycles. The van der Waals surface area contributed by atoms with Crippen molar-refractivity contribution < 1.29 is 44.6 Å². The van der Waals surface area contributed by atoms with Crippen LogP contribution in [-0.2, 0) is 19.1 Å². The number of carbonyl (C=O) groups excluding carboxylic acids is 2. The lowest BCUT2D eigenvalue weighted by molar-refractivity contribution is -0.313. The number of carbonyl (C=O) groups is 2. The molecule has 4 fully saturated rings. The molecule has 5 aliphatic rings. The lowest BCUT2D eigenvalue weighted by Gasteiger charge is -2.60. The van der Waals surface area contributed by atoms with Crippen molar-refractivity contribution in [3.8, 4) is 0 Å². The molecular weight excluding hydrogens is 468 g/mol. The van der Waals surface area contributed by atoms with E-state index in [0.29, 0.717) is 32.1 Å². The molecule has 36 heavy (non-hydrogen) atoms. The van der Waals surface area contributed by atoms with E-state index in [1.165, 1.54) is 0 Å². The van der Waals surface area contributed by atoms with Crippen molar-refractivity contribution in [3.05, 3.63) is 11.6 Å². The number of allylic oxidation sites excluding steroid dienone is 1. The molecular formula is C27H40O9. The zero-order valence-corrected chi connectivity index (χ0v) is 21.3. The minimum Gasteiger partial charge on any atom is -0.394 e. The van der Waals surface area contributed by atoms with Gasteiger partial charge in [0.2, 0.25) is 0 Å². The number of ether oxygens (including phenoxy) is 2. The first-order valence-electron chi connectivity index (χ1n) is 13.3. The SMILES string of the molecule is CC(=O)[C@@H]1CC[C@]2(O)[C@@H]3C(=O)C=C4C[C@@H](O[C@@H]5O[C@H](CO)[C@@H](O)[C@H](O)[C@H]5O)CC[C@]4(C)[C@H]3CC[C@]12C. The summed E-state index contributed by atoms with van der Waals surface area (Å²) in [6.45, 7) is 5.22. The van der Waals surface area contributed by atoms with Crippen LogP contribution in [0.2, 0.25) is 0 Å². The number of fused-ring (bicyclic) bond motifs is 5. The highest BCUT2D eigenvalue weighted by atomic mass is 16.7. The van der Waals surface area contributed by atoms with Crippen molar-refractivity contribution >= 4 is 11.6 Å². The summed E-state index contributed by atoms with van der Waals surface area (Å²) in [5, 5.41) is 51.9. The lowest BCUT2D eigenvalue weighted by atomic mass is 9.45. The highest BCUT2D eigenvalue weighted by molar-refractivity contribution is 5.95. The third-order valence-electron chi connectivity index (χ3n) is 10.7. The minimum atomic E-state index is -1.51. The Hall–Kier alpha value is -1.20. The van der Waals surface area contributed by atoms with Crippen LogP contribution >= 0.6 is 0 Å². The molecule has 202 valence electrons. The van der Waals surface area contributed by atoms with Crippen LogP contribution in [0.5, 0.6) is 0 Å². The molecule has 5 rings (SSSR count). The van der Waals surface area contributed by atoms with Crippen LogP contribution in [0.15, 0.2) is 11.6 Å². The van der Waals surface area contributed by atoms with Gasteiger partial charge in [-0.05, 0) is 69.3 Å². The molecule has 9 heteroatoms. The second-order valence-corrected chi connectivity index (χ2v) is 12.4. The first kappa shape index (κ1) is 26.4. The van der Waals surface area contributed by atoms with Gasteiger partial charge in [0.05, 0.1) is 24.2 Å². The Bertz CT molecular complexity index is 948. The van der Waals surface area contributed by atoms with E-state index in [0.717, 1.165) is 18.4 Å². The fourth-order valence-corrected chi connectivity index (χ4v) is 8.49. The molecule has 9 nitrogen and oxygen atoms in total. The fourth-order valence-electron chi connectivity index (χ4n) is 8.49. The number of Topliss-reactive ketones (excluding diaryl/α,β-unsaturated/α-hetero) is 1. The van der Waals surface area contributed by atoms with E-state index in [4.69, 9.17) is 9.47 Å². The Balaban J connectivity index is 1.37. The van der Waals surface area contributed by atoms with Gasteiger partial charge in [-0.1, -0.05) is 19.4 Å². The highest BCUT2D eigenvalue weighted by Gasteiger charge is 2.69. The number of rotatable bonds is 4. The predicted octanol–water partition coefficient (Wildman–Crippen LogP) is 0.633. The number of aliphatic hydroxyl groups excluding tert-OH is 4. The average molecular weight is 509 g/mol.